The molecule has 1 N–H and O–H groups in total. The van der Waals surface area contributed by atoms with Gasteiger partial charge in [0.15, 0.2) is 5.65 Å². The van der Waals surface area contributed by atoms with Crippen molar-refractivity contribution >= 4 is 5.65 Å². The molecule has 7 heteroatoms. The molecule has 0 saturated carbocycles. The van der Waals surface area contributed by atoms with Crippen LogP contribution in [-0.4, -0.2) is 29.5 Å². The first kappa shape index (κ1) is 14.4. The first-order valence-electron chi connectivity index (χ1n) is 7.40. The molecule has 4 aromatic rings. The van der Waals surface area contributed by atoms with Gasteiger partial charge in [0.05, 0.1) is 23.8 Å². The van der Waals surface area contributed by atoms with Gasteiger partial charge in [0.1, 0.15) is 11.6 Å². The summed E-state index contributed by atoms with van der Waals surface area (Å²) in [5, 5.41) is 18.1. The molecule has 120 valence electrons. The lowest BCUT2D eigenvalue weighted by atomic mass is 10.1. The van der Waals surface area contributed by atoms with Crippen LogP contribution in [0.5, 0.6) is 5.75 Å². The Kier molecular flexibility index (Phi) is 3.26. The molecule has 3 heterocycles. The lowest BCUT2D eigenvalue weighted by molar-refractivity contribution is 0.468. The zero-order valence-electron chi connectivity index (χ0n) is 12.9. The summed E-state index contributed by atoms with van der Waals surface area (Å²) in [7, 11) is 1.85. The number of aromatic hydroxyl groups is 1. The second-order valence-corrected chi connectivity index (χ2v) is 5.59. The van der Waals surface area contributed by atoms with Gasteiger partial charge in [-0.3, -0.25) is 4.68 Å². The van der Waals surface area contributed by atoms with Crippen LogP contribution < -0.4 is 0 Å². The van der Waals surface area contributed by atoms with Crippen LogP contribution in [0.25, 0.3) is 16.9 Å². The molecular formula is C17H14FN5O. The Bertz CT molecular complexity index is 1040. The lowest BCUT2D eigenvalue weighted by Crippen LogP contribution is -2.01. The van der Waals surface area contributed by atoms with Crippen molar-refractivity contribution in [3.63, 3.8) is 0 Å². The highest BCUT2D eigenvalue weighted by Gasteiger charge is 2.11. The molecule has 0 aliphatic carbocycles. The molecule has 24 heavy (non-hydrogen) atoms. The number of imidazole rings is 1. The zero-order valence-corrected chi connectivity index (χ0v) is 12.9. The van der Waals surface area contributed by atoms with E-state index in [0.717, 1.165) is 23.0 Å². The van der Waals surface area contributed by atoms with Gasteiger partial charge in [-0.15, -0.1) is 0 Å². The fourth-order valence-corrected chi connectivity index (χ4v) is 2.62. The van der Waals surface area contributed by atoms with Gasteiger partial charge in [-0.25, -0.2) is 13.9 Å². The minimum atomic E-state index is -0.451. The van der Waals surface area contributed by atoms with Gasteiger partial charge < -0.3 is 5.11 Å². The standard InChI is InChI=1S/C17H14FN5O/c1-22-10-12(8-20-22)16-4-5-17-19-9-13(23(17)21-16)6-11-2-3-14(24)7-15(11)18/h2-5,7-10,24H,6H2,1H3. The fraction of sp³-hybridized carbons (Fsp3) is 0.118. The minimum absolute atomic E-state index is 0.0913. The zero-order chi connectivity index (χ0) is 16.7. The highest BCUT2D eigenvalue weighted by atomic mass is 19.1. The van der Waals surface area contributed by atoms with Crippen molar-refractivity contribution in [3.05, 3.63) is 66.0 Å². The Morgan fingerprint density at radius 2 is 2.04 bits per heavy atom. The van der Waals surface area contributed by atoms with Crippen molar-refractivity contribution in [1.82, 2.24) is 24.4 Å². The summed E-state index contributed by atoms with van der Waals surface area (Å²) in [5.74, 6) is -0.542. The van der Waals surface area contributed by atoms with Gasteiger partial charge in [0.2, 0.25) is 0 Å². The van der Waals surface area contributed by atoms with Gasteiger partial charge in [-0.2, -0.15) is 10.2 Å². The summed E-state index contributed by atoms with van der Waals surface area (Å²) < 4.78 is 17.4. The van der Waals surface area contributed by atoms with Gasteiger partial charge in [-0.1, -0.05) is 6.07 Å². The van der Waals surface area contributed by atoms with E-state index in [2.05, 4.69) is 15.2 Å². The third-order valence-corrected chi connectivity index (χ3v) is 3.84. The molecule has 3 aromatic heterocycles. The summed E-state index contributed by atoms with van der Waals surface area (Å²) in [6.45, 7) is 0. The maximum atomic E-state index is 14.0. The van der Waals surface area contributed by atoms with Crippen LogP contribution in [-0.2, 0) is 13.5 Å². The van der Waals surface area contributed by atoms with Crippen LogP contribution in [0.2, 0.25) is 0 Å². The van der Waals surface area contributed by atoms with Crippen molar-refractivity contribution in [2.75, 3.05) is 0 Å². The Hall–Kier alpha value is -3.22. The molecule has 0 amide bonds. The Morgan fingerprint density at radius 3 is 2.79 bits per heavy atom. The number of phenols is 1. The van der Waals surface area contributed by atoms with E-state index >= 15 is 0 Å². The minimum Gasteiger partial charge on any atom is -0.508 e. The smallest absolute Gasteiger partial charge is 0.153 e. The number of phenolic OH excluding ortho intramolecular Hbond substituents is 1. The van der Waals surface area contributed by atoms with Crippen molar-refractivity contribution in [2.24, 2.45) is 7.05 Å². The number of hydrogen-bond acceptors (Lipinski definition) is 4. The molecule has 0 fully saturated rings. The third-order valence-electron chi connectivity index (χ3n) is 3.84. The molecular weight excluding hydrogens is 309 g/mol. The predicted molar refractivity (Wildman–Crippen MR) is 86.1 cm³/mol. The molecule has 4 rings (SSSR count). The summed E-state index contributed by atoms with van der Waals surface area (Å²) in [5.41, 5.74) is 3.59. The van der Waals surface area contributed by atoms with E-state index in [0.29, 0.717) is 17.6 Å². The third kappa shape index (κ3) is 2.50. The number of fused-ring (bicyclic) bond motifs is 1. The molecule has 0 atom stereocenters. The maximum absolute atomic E-state index is 14.0. The highest BCUT2D eigenvalue weighted by Crippen LogP contribution is 2.20. The number of aromatic nitrogens is 5. The van der Waals surface area contributed by atoms with E-state index in [4.69, 9.17) is 0 Å². The van der Waals surface area contributed by atoms with Crippen LogP contribution in [0.15, 0.2) is 48.9 Å². The topological polar surface area (TPSA) is 68.2 Å². The Balaban J connectivity index is 1.75. The molecule has 0 unspecified atom stereocenters. The molecule has 0 aliphatic heterocycles. The van der Waals surface area contributed by atoms with Crippen molar-refractivity contribution < 1.29 is 9.50 Å². The van der Waals surface area contributed by atoms with Crippen molar-refractivity contribution in [1.29, 1.82) is 0 Å². The van der Waals surface area contributed by atoms with Gasteiger partial charge in [0, 0.05) is 31.3 Å². The molecule has 0 saturated heterocycles. The summed E-state index contributed by atoms with van der Waals surface area (Å²) >= 11 is 0. The van der Waals surface area contributed by atoms with Crippen LogP contribution in [0.3, 0.4) is 0 Å². The lowest BCUT2D eigenvalue weighted by Gasteiger charge is -2.05. The Morgan fingerprint density at radius 1 is 1.17 bits per heavy atom. The average Bonchev–Trinajstić information content (AvgIpc) is 3.16. The van der Waals surface area contributed by atoms with Gasteiger partial charge in [-0.05, 0) is 23.8 Å². The van der Waals surface area contributed by atoms with Crippen molar-refractivity contribution in [2.45, 2.75) is 6.42 Å². The normalized spacial score (nSPS) is 11.2. The fourth-order valence-electron chi connectivity index (χ4n) is 2.62. The highest BCUT2D eigenvalue weighted by molar-refractivity contribution is 5.58. The number of aryl methyl sites for hydroxylation is 1. The second-order valence-electron chi connectivity index (χ2n) is 5.59. The summed E-state index contributed by atoms with van der Waals surface area (Å²) in [4.78, 5) is 4.31. The van der Waals surface area contributed by atoms with E-state index in [1.807, 2.05) is 25.4 Å². The maximum Gasteiger partial charge on any atom is 0.153 e. The Labute approximate surface area is 136 Å². The number of benzene rings is 1. The van der Waals surface area contributed by atoms with E-state index in [9.17, 15) is 9.50 Å². The summed E-state index contributed by atoms with van der Waals surface area (Å²) in [6, 6.07) is 7.88. The summed E-state index contributed by atoms with van der Waals surface area (Å²) in [6.07, 6.45) is 5.63. The number of halogens is 1. The van der Waals surface area contributed by atoms with E-state index in [-0.39, 0.29) is 5.75 Å². The van der Waals surface area contributed by atoms with Gasteiger partial charge in [0.25, 0.3) is 0 Å². The number of rotatable bonds is 3. The monoisotopic (exact) mass is 323 g/mol. The molecule has 0 aliphatic rings. The van der Waals surface area contributed by atoms with E-state index in [1.165, 1.54) is 6.07 Å². The molecule has 0 bridgehead atoms. The average molecular weight is 323 g/mol. The molecule has 0 spiro atoms. The van der Waals surface area contributed by atoms with Gasteiger partial charge >= 0.3 is 0 Å². The van der Waals surface area contributed by atoms with Crippen LogP contribution in [0, 0.1) is 5.82 Å². The van der Waals surface area contributed by atoms with Crippen LogP contribution >= 0.6 is 0 Å². The first-order valence-corrected chi connectivity index (χ1v) is 7.40. The number of nitrogens with zero attached hydrogens (tertiary/aromatic N) is 5. The largest absolute Gasteiger partial charge is 0.508 e. The van der Waals surface area contributed by atoms with E-state index in [1.54, 1.807) is 27.7 Å². The van der Waals surface area contributed by atoms with Crippen molar-refractivity contribution in [3.8, 4) is 17.0 Å². The predicted octanol–water partition coefficient (Wildman–Crippen LogP) is 2.57. The van der Waals surface area contributed by atoms with Crippen LogP contribution in [0.1, 0.15) is 11.3 Å². The quantitative estimate of drug-likeness (QED) is 0.629. The first-order chi connectivity index (χ1) is 11.6. The van der Waals surface area contributed by atoms with E-state index < -0.39 is 5.82 Å². The number of hydrogen-bond donors (Lipinski definition) is 1. The molecule has 0 radical (unpaired) electrons. The SMILES string of the molecule is Cn1cc(-c2ccc3ncc(Cc4ccc(O)cc4F)n3n2)cn1. The van der Waals surface area contributed by atoms with Crippen LogP contribution in [0.4, 0.5) is 4.39 Å². The second kappa shape index (κ2) is 5.45. The molecule has 6 nitrogen and oxygen atoms in total. The molecule has 1 aromatic carbocycles.